The smallest absolute Gasteiger partial charge is 0.00727 e. The van der Waals surface area contributed by atoms with E-state index in [1.807, 2.05) is 29.6 Å². The molecule has 0 amide bonds. The van der Waals surface area contributed by atoms with E-state index >= 15 is 0 Å². The van der Waals surface area contributed by atoms with E-state index in [9.17, 15) is 0 Å². The molecule has 0 N–H and O–H groups in total. The minimum atomic E-state index is 1.05. The van der Waals surface area contributed by atoms with Crippen LogP contribution in [0.15, 0.2) is 24.8 Å². The first-order valence-electron chi connectivity index (χ1n) is 5.25. The number of hydrogen-bond acceptors (Lipinski definition) is 3. The average Bonchev–Trinajstić information content (AvgIpc) is 2.27. The summed E-state index contributed by atoms with van der Waals surface area (Å²) in [6.07, 6.45) is 7.23. The predicted molar refractivity (Wildman–Crippen MR) is 77.2 cm³/mol. The highest BCUT2D eigenvalue weighted by Gasteiger charge is 2.03. The van der Waals surface area contributed by atoms with Crippen LogP contribution in [0.2, 0.25) is 0 Å². The lowest BCUT2D eigenvalue weighted by molar-refractivity contribution is 0.314. The number of hydrogen-bond donors (Lipinski definition) is 0. The normalized spacial score (nSPS) is 10.6. The molecule has 1 nitrogen and oxygen atoms in total. The first kappa shape index (κ1) is 15.1. The monoisotopic (exact) mass is 245 g/mol. The highest BCUT2D eigenvalue weighted by Crippen LogP contribution is 2.04. The summed E-state index contributed by atoms with van der Waals surface area (Å²) in [6.45, 7) is 11.2. The summed E-state index contributed by atoms with van der Waals surface area (Å²) in [7, 11) is 0. The molecule has 0 aliphatic rings. The van der Waals surface area contributed by atoms with Gasteiger partial charge in [0.05, 0.1) is 0 Å². The minimum Gasteiger partial charge on any atom is -0.301 e. The molecule has 0 bridgehead atoms. The second kappa shape index (κ2) is 10.7. The van der Waals surface area contributed by atoms with Gasteiger partial charge in [-0.1, -0.05) is 24.8 Å². The Balaban J connectivity index is 3.77. The summed E-state index contributed by atoms with van der Waals surface area (Å²) in [6, 6.07) is 0. The zero-order chi connectivity index (χ0) is 11.5. The Morgan fingerprint density at radius 3 is 2.07 bits per heavy atom. The first-order valence-corrected chi connectivity index (χ1v) is 8.03. The average molecular weight is 245 g/mol. The molecule has 0 saturated carbocycles. The van der Waals surface area contributed by atoms with Gasteiger partial charge in [-0.05, 0) is 18.9 Å². The molecule has 0 unspecified atom stereocenters. The molecule has 0 heterocycles. The van der Waals surface area contributed by atoms with Gasteiger partial charge in [0.15, 0.2) is 0 Å². The zero-order valence-corrected chi connectivity index (χ0v) is 11.6. The highest BCUT2D eigenvalue weighted by atomic mass is 32.2. The molecule has 0 saturated heterocycles. The molecule has 0 aliphatic heterocycles. The molecule has 0 rings (SSSR count). The fourth-order valence-corrected chi connectivity index (χ4v) is 2.06. The van der Waals surface area contributed by atoms with E-state index in [-0.39, 0.29) is 0 Å². The fraction of sp³-hybridized carbons (Fsp3) is 0.667. The molecule has 0 atom stereocenters. The molecule has 0 radical (unpaired) electrons. The summed E-state index contributed by atoms with van der Waals surface area (Å²) in [5.74, 6) is 2.43. The topological polar surface area (TPSA) is 3.24 Å². The SMILES string of the molecule is C=CC(=C)CCN(CCSC)CCSC. The van der Waals surface area contributed by atoms with Crippen LogP contribution in [0.1, 0.15) is 6.42 Å². The zero-order valence-electron chi connectivity index (χ0n) is 10.00. The lowest BCUT2D eigenvalue weighted by Gasteiger charge is -2.21. The number of rotatable bonds is 10. The molecule has 3 heteroatoms. The number of allylic oxidation sites excluding steroid dienone is 1. The van der Waals surface area contributed by atoms with Crippen molar-refractivity contribution in [2.45, 2.75) is 6.42 Å². The first-order chi connectivity index (χ1) is 7.24. The van der Waals surface area contributed by atoms with Crippen molar-refractivity contribution in [1.29, 1.82) is 0 Å². The van der Waals surface area contributed by atoms with Gasteiger partial charge in [-0.3, -0.25) is 0 Å². The van der Waals surface area contributed by atoms with Crippen LogP contribution < -0.4 is 0 Å². The molecule has 0 aromatic carbocycles. The van der Waals surface area contributed by atoms with Crippen molar-refractivity contribution < 1.29 is 0 Å². The van der Waals surface area contributed by atoms with Crippen molar-refractivity contribution >= 4 is 23.5 Å². The van der Waals surface area contributed by atoms with E-state index in [0.717, 1.165) is 18.5 Å². The van der Waals surface area contributed by atoms with E-state index in [1.165, 1.54) is 24.6 Å². The van der Waals surface area contributed by atoms with Crippen molar-refractivity contribution in [3.63, 3.8) is 0 Å². The molecular weight excluding hydrogens is 222 g/mol. The van der Waals surface area contributed by atoms with Crippen LogP contribution in [-0.4, -0.2) is 48.6 Å². The second-order valence-electron chi connectivity index (χ2n) is 3.44. The van der Waals surface area contributed by atoms with Gasteiger partial charge in [-0.2, -0.15) is 23.5 Å². The van der Waals surface area contributed by atoms with Crippen LogP contribution in [0, 0.1) is 0 Å². The predicted octanol–water partition coefficient (Wildman–Crippen LogP) is 3.15. The third kappa shape index (κ3) is 9.09. The largest absolute Gasteiger partial charge is 0.301 e. The van der Waals surface area contributed by atoms with Gasteiger partial charge in [0, 0.05) is 31.1 Å². The van der Waals surface area contributed by atoms with Crippen molar-refractivity contribution in [2.75, 3.05) is 43.7 Å². The van der Waals surface area contributed by atoms with E-state index in [4.69, 9.17) is 0 Å². The summed E-state index contributed by atoms with van der Waals surface area (Å²) >= 11 is 3.82. The van der Waals surface area contributed by atoms with E-state index < -0.39 is 0 Å². The maximum atomic E-state index is 3.95. The highest BCUT2D eigenvalue weighted by molar-refractivity contribution is 7.98. The molecule has 0 aliphatic carbocycles. The lowest BCUT2D eigenvalue weighted by atomic mass is 10.2. The molecule has 15 heavy (non-hydrogen) atoms. The van der Waals surface area contributed by atoms with Crippen molar-refractivity contribution in [2.24, 2.45) is 0 Å². The van der Waals surface area contributed by atoms with E-state index in [0.29, 0.717) is 0 Å². The van der Waals surface area contributed by atoms with Crippen molar-refractivity contribution in [1.82, 2.24) is 4.90 Å². The second-order valence-corrected chi connectivity index (χ2v) is 5.41. The van der Waals surface area contributed by atoms with Crippen LogP contribution in [0.25, 0.3) is 0 Å². The van der Waals surface area contributed by atoms with Crippen molar-refractivity contribution in [3.8, 4) is 0 Å². The Morgan fingerprint density at radius 1 is 1.13 bits per heavy atom. The standard InChI is InChI=1S/C12H23NS2/c1-5-12(2)6-7-13(8-10-14-3)9-11-15-4/h5H,1-2,6-11H2,3-4H3. The Bertz CT molecular complexity index is 172. The fourth-order valence-electron chi connectivity index (χ4n) is 1.18. The van der Waals surface area contributed by atoms with Gasteiger partial charge in [0.25, 0.3) is 0 Å². The summed E-state index contributed by atoms with van der Waals surface area (Å²) < 4.78 is 0. The molecular formula is C12H23NS2. The molecule has 88 valence electrons. The lowest BCUT2D eigenvalue weighted by Crippen LogP contribution is -2.29. The molecule has 0 aromatic rings. The quantitative estimate of drug-likeness (QED) is 0.544. The molecule has 0 fully saturated rings. The molecule has 0 aromatic heterocycles. The van der Waals surface area contributed by atoms with E-state index in [2.05, 4.69) is 30.6 Å². The maximum absolute atomic E-state index is 3.95. The minimum absolute atomic E-state index is 1.05. The summed E-state index contributed by atoms with van der Waals surface area (Å²) in [5, 5.41) is 0. The van der Waals surface area contributed by atoms with E-state index in [1.54, 1.807) is 0 Å². The van der Waals surface area contributed by atoms with Crippen LogP contribution in [0.5, 0.6) is 0 Å². The van der Waals surface area contributed by atoms with Gasteiger partial charge < -0.3 is 4.90 Å². The van der Waals surface area contributed by atoms with Gasteiger partial charge in [0.1, 0.15) is 0 Å². The molecule has 0 spiro atoms. The van der Waals surface area contributed by atoms with Crippen LogP contribution in [-0.2, 0) is 0 Å². The third-order valence-corrected chi connectivity index (χ3v) is 3.44. The van der Waals surface area contributed by atoms with Gasteiger partial charge in [0.2, 0.25) is 0 Å². The Hall–Kier alpha value is 0.140. The van der Waals surface area contributed by atoms with Gasteiger partial charge >= 0.3 is 0 Å². The van der Waals surface area contributed by atoms with Crippen LogP contribution in [0.4, 0.5) is 0 Å². The van der Waals surface area contributed by atoms with Crippen LogP contribution in [0.3, 0.4) is 0 Å². The summed E-state index contributed by atoms with van der Waals surface area (Å²) in [4.78, 5) is 2.52. The maximum Gasteiger partial charge on any atom is 0.00727 e. The number of thioether (sulfide) groups is 2. The van der Waals surface area contributed by atoms with Crippen LogP contribution >= 0.6 is 23.5 Å². The number of nitrogens with zero attached hydrogens (tertiary/aromatic N) is 1. The van der Waals surface area contributed by atoms with Gasteiger partial charge in [-0.15, -0.1) is 0 Å². The van der Waals surface area contributed by atoms with Crippen molar-refractivity contribution in [3.05, 3.63) is 24.8 Å². The third-order valence-electron chi connectivity index (χ3n) is 2.26. The Morgan fingerprint density at radius 2 is 1.67 bits per heavy atom. The van der Waals surface area contributed by atoms with Gasteiger partial charge in [-0.25, -0.2) is 0 Å². The Labute approximate surface area is 103 Å². The summed E-state index contributed by atoms with van der Waals surface area (Å²) in [5.41, 5.74) is 1.15. The Kier molecular flexibility index (Phi) is 10.8.